The van der Waals surface area contributed by atoms with Gasteiger partial charge < -0.3 is 10.0 Å². The monoisotopic (exact) mass is 296 g/mol. The number of hydrogen-bond donors (Lipinski definition) is 1. The van der Waals surface area contributed by atoms with Gasteiger partial charge in [-0.15, -0.1) is 0 Å². The maximum absolute atomic E-state index is 11.3. The molecule has 0 radical (unpaired) electrons. The zero-order valence-electron chi connectivity index (χ0n) is 12.3. The summed E-state index contributed by atoms with van der Waals surface area (Å²) >= 11 is 0. The number of aromatic nitrogens is 2. The highest BCUT2D eigenvalue weighted by Gasteiger charge is 2.33. The fraction of sp³-hybridized carbons (Fsp3) is 0.692. The van der Waals surface area contributed by atoms with Gasteiger partial charge in [-0.2, -0.15) is 5.10 Å². The van der Waals surface area contributed by atoms with Gasteiger partial charge in [0.1, 0.15) is 12.2 Å². The van der Waals surface area contributed by atoms with Crippen molar-refractivity contribution < 1.29 is 14.8 Å². The molecule has 8 nitrogen and oxygen atoms in total. The average molecular weight is 296 g/mol. The summed E-state index contributed by atoms with van der Waals surface area (Å²) in [7, 11) is 0. The van der Waals surface area contributed by atoms with Crippen LogP contribution in [0.3, 0.4) is 0 Å². The van der Waals surface area contributed by atoms with Crippen molar-refractivity contribution in [3.63, 3.8) is 0 Å². The third-order valence-electron chi connectivity index (χ3n) is 3.49. The van der Waals surface area contributed by atoms with Crippen LogP contribution in [0.1, 0.15) is 31.9 Å². The molecule has 1 heterocycles. The summed E-state index contributed by atoms with van der Waals surface area (Å²) in [5, 5.41) is 24.6. The molecule has 1 aromatic heterocycles. The Bertz CT molecular complexity index is 551. The molecule has 0 amide bonds. The third kappa shape index (κ3) is 3.50. The lowest BCUT2D eigenvalue weighted by molar-refractivity contribution is -0.384. The highest BCUT2D eigenvalue weighted by Crippen LogP contribution is 2.36. The van der Waals surface area contributed by atoms with Gasteiger partial charge in [-0.1, -0.05) is 6.92 Å². The smallest absolute Gasteiger partial charge is 0.333 e. The van der Waals surface area contributed by atoms with Gasteiger partial charge >= 0.3 is 11.7 Å². The predicted octanol–water partition coefficient (Wildman–Crippen LogP) is 1.81. The van der Waals surface area contributed by atoms with Gasteiger partial charge in [0.25, 0.3) is 0 Å². The quantitative estimate of drug-likeness (QED) is 0.580. The van der Waals surface area contributed by atoms with E-state index in [1.165, 1.54) is 0 Å². The molecule has 0 bridgehead atoms. The Morgan fingerprint density at radius 1 is 1.57 bits per heavy atom. The molecule has 116 valence electrons. The predicted molar refractivity (Wildman–Crippen MR) is 76.5 cm³/mol. The number of nitro groups is 1. The Kier molecular flexibility index (Phi) is 4.44. The molecule has 0 unspecified atom stereocenters. The molecule has 0 spiro atoms. The van der Waals surface area contributed by atoms with Crippen molar-refractivity contribution in [2.24, 2.45) is 5.92 Å². The lowest BCUT2D eigenvalue weighted by atomic mass is 10.3. The fourth-order valence-corrected chi connectivity index (χ4v) is 2.46. The second kappa shape index (κ2) is 6.11. The van der Waals surface area contributed by atoms with Crippen LogP contribution in [0.4, 0.5) is 11.5 Å². The molecular formula is C13H20N4O4. The van der Waals surface area contributed by atoms with Crippen LogP contribution in [0.25, 0.3) is 0 Å². The van der Waals surface area contributed by atoms with Crippen LogP contribution in [0, 0.1) is 23.0 Å². The molecule has 1 aromatic rings. The van der Waals surface area contributed by atoms with E-state index in [1.807, 2.05) is 6.92 Å². The summed E-state index contributed by atoms with van der Waals surface area (Å²) in [6.07, 6.45) is 2.87. The number of carbonyl (C=O) groups is 1. The summed E-state index contributed by atoms with van der Waals surface area (Å²) in [6.45, 7) is 4.36. The van der Waals surface area contributed by atoms with Crippen molar-refractivity contribution in [3.8, 4) is 0 Å². The van der Waals surface area contributed by atoms with Gasteiger partial charge in [-0.3, -0.25) is 14.9 Å². The van der Waals surface area contributed by atoms with E-state index < -0.39 is 10.9 Å². The van der Waals surface area contributed by atoms with Crippen LogP contribution in [-0.4, -0.2) is 38.9 Å². The minimum atomic E-state index is -0.994. The van der Waals surface area contributed by atoms with Crippen molar-refractivity contribution >= 4 is 17.5 Å². The van der Waals surface area contributed by atoms with E-state index in [4.69, 9.17) is 5.11 Å². The van der Waals surface area contributed by atoms with Crippen molar-refractivity contribution in [1.82, 2.24) is 9.78 Å². The fourth-order valence-electron chi connectivity index (χ4n) is 2.46. The Labute approximate surface area is 122 Å². The molecule has 21 heavy (non-hydrogen) atoms. The molecule has 1 saturated carbocycles. The SMILES string of the molecule is CCCn1nc(C)c([N+](=O)[O-])c1N(CC(=O)O)CC1CC1. The molecule has 1 N–H and O–H groups in total. The average Bonchev–Trinajstić information content (AvgIpc) is 3.11. The molecular weight excluding hydrogens is 276 g/mol. The van der Waals surface area contributed by atoms with Crippen molar-refractivity contribution in [3.05, 3.63) is 15.8 Å². The first-order valence-electron chi connectivity index (χ1n) is 7.12. The van der Waals surface area contributed by atoms with Crippen LogP contribution in [0.2, 0.25) is 0 Å². The second-order valence-corrected chi connectivity index (χ2v) is 5.46. The Balaban J connectivity index is 2.43. The zero-order valence-corrected chi connectivity index (χ0v) is 12.3. The first kappa shape index (κ1) is 15.3. The Morgan fingerprint density at radius 3 is 2.71 bits per heavy atom. The Morgan fingerprint density at radius 2 is 2.24 bits per heavy atom. The standard InChI is InChI=1S/C13H20N4O4/c1-3-6-16-13(12(17(20)21)9(2)14-16)15(8-11(18)19)7-10-4-5-10/h10H,3-8H2,1-2H3,(H,18,19). The van der Waals surface area contributed by atoms with Gasteiger partial charge in [0, 0.05) is 13.1 Å². The maximum Gasteiger partial charge on any atom is 0.333 e. The number of anilines is 1. The summed E-state index contributed by atoms with van der Waals surface area (Å²) in [5.74, 6) is -0.241. The van der Waals surface area contributed by atoms with Crippen LogP contribution >= 0.6 is 0 Å². The highest BCUT2D eigenvalue weighted by atomic mass is 16.6. The first-order valence-corrected chi connectivity index (χ1v) is 7.12. The minimum absolute atomic E-state index is 0.0784. The zero-order chi connectivity index (χ0) is 15.6. The second-order valence-electron chi connectivity index (χ2n) is 5.46. The van der Waals surface area contributed by atoms with Crippen LogP contribution in [0.5, 0.6) is 0 Å². The van der Waals surface area contributed by atoms with E-state index in [0.29, 0.717) is 30.5 Å². The van der Waals surface area contributed by atoms with Crippen LogP contribution < -0.4 is 4.90 Å². The van der Waals surface area contributed by atoms with Gasteiger partial charge in [-0.05, 0) is 32.1 Å². The van der Waals surface area contributed by atoms with E-state index in [0.717, 1.165) is 19.3 Å². The van der Waals surface area contributed by atoms with Crippen molar-refractivity contribution in [1.29, 1.82) is 0 Å². The molecule has 0 aromatic carbocycles. The number of aryl methyl sites for hydroxylation is 2. The maximum atomic E-state index is 11.3. The van der Waals surface area contributed by atoms with E-state index >= 15 is 0 Å². The van der Waals surface area contributed by atoms with E-state index in [-0.39, 0.29) is 12.2 Å². The lowest BCUT2D eigenvalue weighted by Crippen LogP contribution is -2.34. The third-order valence-corrected chi connectivity index (χ3v) is 3.49. The number of carboxylic acid groups (broad SMARTS) is 1. The summed E-state index contributed by atoms with van der Waals surface area (Å²) in [6, 6.07) is 0. The first-order chi connectivity index (χ1) is 9.93. The van der Waals surface area contributed by atoms with E-state index in [1.54, 1.807) is 16.5 Å². The number of carboxylic acids is 1. The minimum Gasteiger partial charge on any atom is -0.480 e. The molecule has 8 heteroatoms. The molecule has 1 aliphatic carbocycles. The lowest BCUT2D eigenvalue weighted by Gasteiger charge is -2.22. The number of hydrogen-bond acceptors (Lipinski definition) is 5. The summed E-state index contributed by atoms with van der Waals surface area (Å²) in [4.78, 5) is 23.6. The topological polar surface area (TPSA) is 101 Å². The largest absolute Gasteiger partial charge is 0.480 e. The molecule has 2 rings (SSSR count). The molecule has 0 saturated heterocycles. The molecule has 1 fully saturated rings. The molecule has 0 aliphatic heterocycles. The summed E-state index contributed by atoms with van der Waals surface area (Å²) < 4.78 is 1.57. The highest BCUT2D eigenvalue weighted by molar-refractivity contribution is 5.75. The summed E-state index contributed by atoms with van der Waals surface area (Å²) in [5.41, 5.74) is 0.250. The normalized spacial score (nSPS) is 14.2. The van der Waals surface area contributed by atoms with Crippen molar-refractivity contribution in [2.75, 3.05) is 18.0 Å². The van der Waals surface area contributed by atoms with Gasteiger partial charge in [0.2, 0.25) is 5.82 Å². The van der Waals surface area contributed by atoms with Gasteiger partial charge in [0.05, 0.1) is 4.92 Å². The van der Waals surface area contributed by atoms with Gasteiger partial charge in [-0.25, -0.2) is 4.68 Å². The number of aliphatic carboxylic acids is 1. The van der Waals surface area contributed by atoms with E-state index in [9.17, 15) is 14.9 Å². The Hall–Kier alpha value is -2.12. The van der Waals surface area contributed by atoms with E-state index in [2.05, 4.69) is 5.10 Å². The molecule has 1 aliphatic rings. The van der Waals surface area contributed by atoms with Crippen LogP contribution in [-0.2, 0) is 11.3 Å². The number of nitrogens with zero attached hydrogens (tertiary/aromatic N) is 4. The van der Waals surface area contributed by atoms with Crippen molar-refractivity contribution in [2.45, 2.75) is 39.7 Å². The van der Waals surface area contributed by atoms with Crippen LogP contribution in [0.15, 0.2) is 0 Å². The molecule has 0 atom stereocenters. The number of rotatable bonds is 8. The van der Waals surface area contributed by atoms with Gasteiger partial charge in [0.15, 0.2) is 0 Å².